The molecule has 0 atom stereocenters. The summed E-state index contributed by atoms with van der Waals surface area (Å²) in [5.74, 6) is 0. The zero-order chi connectivity index (χ0) is 10.5. The molecule has 1 aromatic carbocycles. The van der Waals surface area contributed by atoms with Crippen molar-refractivity contribution in [2.75, 3.05) is 0 Å². The summed E-state index contributed by atoms with van der Waals surface area (Å²) < 4.78 is 36.6. The normalized spacial score (nSPS) is 10.2. The molecule has 0 bridgehead atoms. The third kappa shape index (κ3) is 11.6. The van der Waals surface area contributed by atoms with Gasteiger partial charge >= 0.3 is 10.6 Å². The van der Waals surface area contributed by atoms with Crippen molar-refractivity contribution in [3.05, 3.63) is 34.3 Å². The molecule has 2 nitrogen and oxygen atoms in total. The molecule has 0 spiro atoms. The number of rotatable bonds is 0. The van der Waals surface area contributed by atoms with E-state index in [1.165, 1.54) is 0 Å². The fourth-order valence-corrected chi connectivity index (χ4v) is 0.896. The molecule has 0 amide bonds. The Kier molecular flexibility index (Phi) is 5.20. The lowest BCUT2D eigenvalue weighted by molar-refractivity contribution is 0.501. The van der Waals surface area contributed by atoms with Gasteiger partial charge in [0.2, 0.25) is 0 Å². The van der Waals surface area contributed by atoms with Crippen LogP contribution in [0.2, 0.25) is 10.0 Å². The average Bonchev–Trinajstić information content (AvgIpc) is 1.81. The van der Waals surface area contributed by atoms with Crippen LogP contribution in [-0.4, -0.2) is 8.42 Å². The highest BCUT2D eigenvalue weighted by atomic mass is 35.5. The van der Waals surface area contributed by atoms with Crippen LogP contribution in [0.25, 0.3) is 0 Å². The van der Waals surface area contributed by atoms with Crippen molar-refractivity contribution in [1.29, 1.82) is 0 Å². The van der Waals surface area contributed by atoms with Gasteiger partial charge in [-0.2, -0.15) is 8.42 Å². The van der Waals surface area contributed by atoms with Crippen LogP contribution in [0, 0.1) is 0 Å². The van der Waals surface area contributed by atoms with Crippen LogP contribution in [0.15, 0.2) is 24.3 Å². The standard InChI is InChI=1S/C6H4Cl2.F2O2S/c7-5-2-1-3-6(8)4-5;1-5(2,3)4/h1-4H;. The van der Waals surface area contributed by atoms with Gasteiger partial charge in [0.25, 0.3) is 0 Å². The van der Waals surface area contributed by atoms with Gasteiger partial charge in [-0.1, -0.05) is 37.0 Å². The zero-order valence-corrected chi connectivity index (χ0v) is 8.37. The molecule has 0 aromatic heterocycles. The molecule has 0 radical (unpaired) electrons. The molecule has 0 N–H and O–H groups in total. The third-order valence-electron chi connectivity index (χ3n) is 0.787. The van der Waals surface area contributed by atoms with Gasteiger partial charge in [-0.05, 0) is 18.2 Å². The second kappa shape index (κ2) is 5.36. The summed E-state index contributed by atoms with van der Waals surface area (Å²) in [5, 5.41) is 1.36. The highest BCUT2D eigenvalue weighted by Gasteiger charge is 1.94. The van der Waals surface area contributed by atoms with E-state index in [4.69, 9.17) is 31.6 Å². The van der Waals surface area contributed by atoms with Gasteiger partial charge in [0, 0.05) is 10.0 Å². The van der Waals surface area contributed by atoms with E-state index >= 15 is 0 Å². The minimum Gasteiger partial charge on any atom is -0.160 e. The van der Waals surface area contributed by atoms with Crippen molar-refractivity contribution in [2.45, 2.75) is 0 Å². The van der Waals surface area contributed by atoms with Crippen LogP contribution in [0.5, 0.6) is 0 Å². The molecule has 0 fully saturated rings. The highest BCUT2D eigenvalue weighted by molar-refractivity contribution is 7.81. The molecule has 0 saturated heterocycles. The van der Waals surface area contributed by atoms with Gasteiger partial charge in [0.1, 0.15) is 0 Å². The van der Waals surface area contributed by atoms with E-state index in [0.29, 0.717) is 10.0 Å². The number of halogens is 4. The molecular weight excluding hydrogens is 245 g/mol. The number of hydrogen-bond donors (Lipinski definition) is 0. The summed E-state index contributed by atoms with van der Waals surface area (Å²) in [4.78, 5) is 0. The van der Waals surface area contributed by atoms with Gasteiger partial charge < -0.3 is 0 Å². The summed E-state index contributed by atoms with van der Waals surface area (Å²) in [6.07, 6.45) is 0. The predicted molar refractivity (Wildman–Crippen MR) is 47.6 cm³/mol. The summed E-state index contributed by atoms with van der Waals surface area (Å²) >= 11 is 11.1. The van der Waals surface area contributed by atoms with Crippen molar-refractivity contribution in [1.82, 2.24) is 0 Å². The topological polar surface area (TPSA) is 34.1 Å². The van der Waals surface area contributed by atoms with Gasteiger partial charge in [-0.25, -0.2) is 0 Å². The molecule has 0 aliphatic rings. The van der Waals surface area contributed by atoms with Crippen LogP contribution in [0.1, 0.15) is 0 Å². The van der Waals surface area contributed by atoms with Crippen LogP contribution >= 0.6 is 23.2 Å². The van der Waals surface area contributed by atoms with Crippen LogP contribution in [0.4, 0.5) is 7.77 Å². The molecule has 0 saturated carbocycles. The van der Waals surface area contributed by atoms with Crippen molar-refractivity contribution < 1.29 is 16.2 Å². The molecule has 1 aromatic rings. The summed E-state index contributed by atoms with van der Waals surface area (Å²) in [6, 6.07) is 7.08. The Morgan fingerprint density at radius 3 is 1.54 bits per heavy atom. The van der Waals surface area contributed by atoms with Crippen molar-refractivity contribution in [3.63, 3.8) is 0 Å². The minimum atomic E-state index is -5.67. The second-order valence-corrected chi connectivity index (χ2v) is 3.45. The van der Waals surface area contributed by atoms with E-state index in [1.807, 2.05) is 6.07 Å². The van der Waals surface area contributed by atoms with Crippen molar-refractivity contribution >= 4 is 33.8 Å². The van der Waals surface area contributed by atoms with Gasteiger partial charge in [0.05, 0.1) is 0 Å². The smallest absolute Gasteiger partial charge is 0.160 e. The third-order valence-corrected chi connectivity index (χ3v) is 1.26. The molecule has 0 heterocycles. The molecular formula is C6H4Cl2F2O2S. The van der Waals surface area contributed by atoms with E-state index in [-0.39, 0.29) is 0 Å². The molecule has 1 rings (SSSR count). The van der Waals surface area contributed by atoms with E-state index < -0.39 is 10.6 Å². The average molecular weight is 249 g/mol. The van der Waals surface area contributed by atoms with E-state index in [1.54, 1.807) is 18.2 Å². The Labute approximate surface area is 84.6 Å². The van der Waals surface area contributed by atoms with Gasteiger partial charge in [-0.15, -0.1) is 0 Å². The molecule has 0 unspecified atom stereocenters. The predicted octanol–water partition coefficient (Wildman–Crippen LogP) is 3.16. The fourth-order valence-electron chi connectivity index (χ4n) is 0.460. The Bertz CT molecular complexity index is 341. The first-order valence-corrected chi connectivity index (χ1v) is 4.88. The molecule has 0 aliphatic heterocycles. The lowest BCUT2D eigenvalue weighted by Gasteiger charge is -1.86. The van der Waals surface area contributed by atoms with Crippen LogP contribution in [0.3, 0.4) is 0 Å². The molecule has 0 aliphatic carbocycles. The summed E-state index contributed by atoms with van der Waals surface area (Å²) in [5.41, 5.74) is 0. The maximum Gasteiger partial charge on any atom is 0.476 e. The first-order valence-electron chi connectivity index (χ1n) is 2.84. The lowest BCUT2D eigenvalue weighted by Crippen LogP contribution is -1.69. The van der Waals surface area contributed by atoms with Crippen molar-refractivity contribution in [2.24, 2.45) is 0 Å². The highest BCUT2D eigenvalue weighted by Crippen LogP contribution is 2.13. The molecule has 13 heavy (non-hydrogen) atoms. The van der Waals surface area contributed by atoms with Gasteiger partial charge in [-0.3, -0.25) is 0 Å². The Morgan fingerprint density at radius 2 is 1.38 bits per heavy atom. The molecule has 74 valence electrons. The maximum atomic E-state index is 9.99. The van der Waals surface area contributed by atoms with Crippen LogP contribution in [-0.2, 0) is 10.6 Å². The SMILES string of the molecule is Clc1cccc(Cl)c1.O=S(=O)(F)F. The maximum absolute atomic E-state index is 9.99. The van der Waals surface area contributed by atoms with Crippen molar-refractivity contribution in [3.8, 4) is 0 Å². The molecule has 7 heteroatoms. The Hall–Kier alpha value is -0.390. The second-order valence-electron chi connectivity index (χ2n) is 1.82. The lowest BCUT2D eigenvalue weighted by atomic mass is 10.4. The van der Waals surface area contributed by atoms with Gasteiger partial charge in [0.15, 0.2) is 0 Å². The number of benzene rings is 1. The fraction of sp³-hybridized carbons (Fsp3) is 0. The Balaban J connectivity index is 0.000000252. The summed E-state index contributed by atoms with van der Waals surface area (Å²) in [6.45, 7) is 0. The van der Waals surface area contributed by atoms with Crippen LogP contribution < -0.4 is 0 Å². The monoisotopic (exact) mass is 248 g/mol. The summed E-state index contributed by atoms with van der Waals surface area (Å²) in [7, 11) is -5.67. The first kappa shape index (κ1) is 12.6. The number of hydrogen-bond acceptors (Lipinski definition) is 2. The van der Waals surface area contributed by atoms with E-state index in [0.717, 1.165) is 0 Å². The minimum absolute atomic E-state index is 0.678. The first-order chi connectivity index (χ1) is 5.79. The zero-order valence-electron chi connectivity index (χ0n) is 6.05. The van der Waals surface area contributed by atoms with E-state index in [2.05, 4.69) is 0 Å². The quantitative estimate of drug-likeness (QED) is 0.662. The van der Waals surface area contributed by atoms with E-state index in [9.17, 15) is 7.77 Å². The largest absolute Gasteiger partial charge is 0.476 e. The Morgan fingerprint density at radius 1 is 1.08 bits per heavy atom.